The summed E-state index contributed by atoms with van der Waals surface area (Å²) in [7, 11) is 4.95. The van der Waals surface area contributed by atoms with E-state index in [1.807, 2.05) is 25.1 Å². The Hall–Kier alpha value is -3.09. The third-order valence-corrected chi connectivity index (χ3v) is 4.96. The zero-order chi connectivity index (χ0) is 21.5. The molecule has 7 heteroatoms. The van der Waals surface area contributed by atoms with Gasteiger partial charge in [-0.1, -0.05) is 6.07 Å². The first-order chi connectivity index (χ1) is 14.6. The fourth-order valence-corrected chi connectivity index (χ4v) is 3.48. The van der Waals surface area contributed by atoms with Gasteiger partial charge in [0.05, 0.1) is 27.9 Å². The number of nitrogens with one attached hydrogen (secondary N) is 2. The van der Waals surface area contributed by atoms with Gasteiger partial charge in [-0.05, 0) is 43.7 Å². The lowest BCUT2D eigenvalue weighted by atomic mass is 10.1. The van der Waals surface area contributed by atoms with E-state index in [9.17, 15) is 0 Å². The molecule has 1 aliphatic heterocycles. The minimum absolute atomic E-state index is 0.202. The Labute approximate surface area is 178 Å². The molecule has 1 heterocycles. The number of benzene rings is 2. The van der Waals surface area contributed by atoms with Gasteiger partial charge in [0.2, 0.25) is 0 Å². The van der Waals surface area contributed by atoms with Crippen molar-refractivity contribution in [2.75, 3.05) is 27.9 Å². The highest BCUT2D eigenvalue weighted by Crippen LogP contribution is 2.35. The number of hydrogen-bond donors (Lipinski definition) is 2. The summed E-state index contributed by atoms with van der Waals surface area (Å²) in [4.78, 5) is 4.70. The maximum absolute atomic E-state index is 5.90. The van der Waals surface area contributed by atoms with Crippen molar-refractivity contribution >= 4 is 5.96 Å². The lowest BCUT2D eigenvalue weighted by Gasteiger charge is -2.15. The number of nitrogens with zero attached hydrogens (tertiary/aromatic N) is 1. The van der Waals surface area contributed by atoms with Crippen LogP contribution >= 0.6 is 0 Å². The van der Waals surface area contributed by atoms with Crippen LogP contribution in [0.3, 0.4) is 0 Å². The average Bonchev–Trinajstić information content (AvgIpc) is 3.13. The molecule has 7 nitrogen and oxygen atoms in total. The summed E-state index contributed by atoms with van der Waals surface area (Å²) in [5, 5.41) is 6.66. The van der Waals surface area contributed by atoms with Crippen molar-refractivity contribution in [1.82, 2.24) is 10.6 Å². The first-order valence-corrected chi connectivity index (χ1v) is 10.2. The smallest absolute Gasteiger partial charge is 0.191 e. The summed E-state index contributed by atoms with van der Waals surface area (Å²) < 4.78 is 22.2. The second kappa shape index (κ2) is 10.1. The molecule has 0 fully saturated rings. The van der Waals surface area contributed by atoms with Gasteiger partial charge in [-0.3, -0.25) is 0 Å². The number of guanidine groups is 1. The number of hydrogen-bond acceptors (Lipinski definition) is 5. The van der Waals surface area contributed by atoms with Crippen LogP contribution in [-0.2, 0) is 19.5 Å². The minimum Gasteiger partial charge on any atom is -0.496 e. The minimum atomic E-state index is 0.202. The molecule has 0 aromatic heterocycles. The highest BCUT2D eigenvalue weighted by atomic mass is 16.5. The van der Waals surface area contributed by atoms with Crippen LogP contribution in [0.1, 0.15) is 30.5 Å². The van der Waals surface area contributed by atoms with Gasteiger partial charge in [0.15, 0.2) is 17.5 Å². The molecule has 0 saturated heterocycles. The van der Waals surface area contributed by atoms with Crippen LogP contribution in [0.5, 0.6) is 23.0 Å². The van der Waals surface area contributed by atoms with E-state index in [1.165, 1.54) is 5.56 Å². The van der Waals surface area contributed by atoms with Crippen molar-refractivity contribution in [2.24, 2.45) is 4.99 Å². The van der Waals surface area contributed by atoms with E-state index in [0.717, 1.165) is 41.6 Å². The fourth-order valence-electron chi connectivity index (χ4n) is 3.48. The highest BCUT2D eigenvalue weighted by Gasteiger charge is 2.21. The van der Waals surface area contributed by atoms with Crippen LogP contribution in [0.4, 0.5) is 0 Å². The van der Waals surface area contributed by atoms with E-state index in [4.69, 9.17) is 23.9 Å². The Morgan fingerprint density at radius 1 is 1.03 bits per heavy atom. The van der Waals surface area contributed by atoms with E-state index >= 15 is 0 Å². The molecule has 162 valence electrons. The van der Waals surface area contributed by atoms with Gasteiger partial charge in [-0.2, -0.15) is 0 Å². The molecule has 0 radical (unpaired) electrons. The predicted octanol–water partition coefficient (Wildman–Crippen LogP) is 3.29. The van der Waals surface area contributed by atoms with E-state index in [-0.39, 0.29) is 6.10 Å². The normalized spacial score (nSPS) is 15.2. The first-order valence-electron chi connectivity index (χ1n) is 10.2. The number of rotatable bonds is 8. The number of methoxy groups -OCH3 is 3. The molecule has 0 amide bonds. The van der Waals surface area contributed by atoms with Gasteiger partial charge >= 0.3 is 0 Å². The lowest BCUT2D eigenvalue weighted by molar-refractivity contribution is 0.254. The van der Waals surface area contributed by atoms with Crippen LogP contribution in [-0.4, -0.2) is 39.9 Å². The molecule has 2 aromatic rings. The Bertz CT molecular complexity index is 898. The lowest BCUT2D eigenvalue weighted by Crippen LogP contribution is -2.36. The molecule has 0 saturated carbocycles. The molecule has 1 aliphatic rings. The van der Waals surface area contributed by atoms with Crippen molar-refractivity contribution in [2.45, 2.75) is 39.5 Å². The van der Waals surface area contributed by atoms with Crippen molar-refractivity contribution < 1.29 is 18.9 Å². The summed E-state index contributed by atoms with van der Waals surface area (Å²) in [5.74, 6) is 3.92. The molecule has 0 bridgehead atoms. The zero-order valence-corrected chi connectivity index (χ0v) is 18.4. The van der Waals surface area contributed by atoms with Crippen LogP contribution in [0.15, 0.2) is 35.3 Å². The molecule has 1 unspecified atom stereocenters. The molecular weight excluding hydrogens is 382 g/mol. The third kappa shape index (κ3) is 5.09. The molecule has 3 rings (SSSR count). The topological polar surface area (TPSA) is 73.3 Å². The third-order valence-electron chi connectivity index (χ3n) is 4.96. The SMILES string of the molecule is CCNC(=NCc1ccc(OC)c(OC)c1)NCc1cc2c(cc1OC)CC(C)O2. The van der Waals surface area contributed by atoms with Crippen LogP contribution in [0.25, 0.3) is 0 Å². The number of fused-ring (bicyclic) bond motifs is 1. The second-order valence-electron chi connectivity index (χ2n) is 7.14. The zero-order valence-electron chi connectivity index (χ0n) is 18.4. The van der Waals surface area contributed by atoms with Gasteiger partial charge in [-0.25, -0.2) is 4.99 Å². The average molecular weight is 414 g/mol. The molecular formula is C23H31N3O4. The predicted molar refractivity (Wildman–Crippen MR) is 118 cm³/mol. The Kier molecular flexibility index (Phi) is 7.27. The maximum atomic E-state index is 5.90. The fraction of sp³-hybridized carbons (Fsp3) is 0.435. The molecule has 0 aliphatic carbocycles. The van der Waals surface area contributed by atoms with E-state index in [0.29, 0.717) is 24.6 Å². The first kappa shape index (κ1) is 21.6. The summed E-state index contributed by atoms with van der Waals surface area (Å²) in [6.45, 7) is 5.97. The quantitative estimate of drug-likeness (QED) is 0.511. The van der Waals surface area contributed by atoms with Gasteiger partial charge in [-0.15, -0.1) is 0 Å². The second-order valence-corrected chi connectivity index (χ2v) is 7.14. The molecule has 0 spiro atoms. The van der Waals surface area contributed by atoms with Gasteiger partial charge < -0.3 is 29.6 Å². The van der Waals surface area contributed by atoms with Crippen molar-refractivity contribution in [3.8, 4) is 23.0 Å². The summed E-state index contributed by atoms with van der Waals surface area (Å²) in [6, 6.07) is 9.94. The van der Waals surface area contributed by atoms with Crippen molar-refractivity contribution in [3.05, 3.63) is 47.0 Å². The molecule has 30 heavy (non-hydrogen) atoms. The van der Waals surface area contributed by atoms with Crippen molar-refractivity contribution in [3.63, 3.8) is 0 Å². The Morgan fingerprint density at radius 3 is 2.50 bits per heavy atom. The van der Waals surface area contributed by atoms with Crippen LogP contribution < -0.4 is 29.6 Å². The number of ether oxygens (including phenoxy) is 4. The summed E-state index contributed by atoms with van der Waals surface area (Å²) in [6.07, 6.45) is 1.11. The standard InChI is InChI=1S/C23H31N3O4/c1-6-24-23(25-13-16-7-8-19(27-3)22(10-16)29-5)26-14-18-12-21-17(9-15(2)30-21)11-20(18)28-4/h7-8,10-12,15H,6,9,13-14H2,1-5H3,(H2,24,25,26). The summed E-state index contributed by atoms with van der Waals surface area (Å²) in [5.41, 5.74) is 3.25. The Morgan fingerprint density at radius 2 is 1.80 bits per heavy atom. The largest absolute Gasteiger partial charge is 0.496 e. The molecule has 2 N–H and O–H groups in total. The van der Waals surface area contributed by atoms with E-state index < -0.39 is 0 Å². The Balaban J connectivity index is 1.71. The van der Waals surface area contributed by atoms with E-state index in [2.05, 4.69) is 29.7 Å². The van der Waals surface area contributed by atoms with Crippen molar-refractivity contribution in [1.29, 1.82) is 0 Å². The molecule has 1 atom stereocenters. The molecule has 2 aromatic carbocycles. The monoisotopic (exact) mass is 413 g/mol. The summed E-state index contributed by atoms with van der Waals surface area (Å²) >= 11 is 0. The maximum Gasteiger partial charge on any atom is 0.191 e. The van der Waals surface area contributed by atoms with E-state index in [1.54, 1.807) is 21.3 Å². The number of aliphatic imine (C=N–C) groups is 1. The van der Waals surface area contributed by atoms with Gasteiger partial charge in [0, 0.05) is 30.6 Å². The van der Waals surface area contributed by atoms with Crippen LogP contribution in [0, 0.1) is 0 Å². The van der Waals surface area contributed by atoms with Gasteiger partial charge in [0.25, 0.3) is 0 Å². The van der Waals surface area contributed by atoms with Crippen LogP contribution in [0.2, 0.25) is 0 Å². The van der Waals surface area contributed by atoms with Gasteiger partial charge in [0.1, 0.15) is 17.6 Å². The highest BCUT2D eigenvalue weighted by molar-refractivity contribution is 5.79.